The molecule has 1 aromatic carbocycles. The van der Waals surface area contributed by atoms with E-state index in [9.17, 15) is 4.79 Å². The molecule has 0 spiro atoms. The molecule has 3 rings (SSSR count). The molecule has 0 atom stereocenters. The van der Waals surface area contributed by atoms with Crippen molar-refractivity contribution < 1.29 is 4.79 Å². The number of aromatic nitrogens is 4. The van der Waals surface area contributed by atoms with Gasteiger partial charge in [0.1, 0.15) is 0 Å². The van der Waals surface area contributed by atoms with E-state index in [0.29, 0.717) is 10.9 Å². The third kappa shape index (κ3) is 3.75. The summed E-state index contributed by atoms with van der Waals surface area (Å²) in [4.78, 5) is 17.1. The number of carbonyl (C=O) groups is 1. The van der Waals surface area contributed by atoms with Gasteiger partial charge in [0, 0.05) is 29.1 Å². The van der Waals surface area contributed by atoms with Crippen LogP contribution in [0.2, 0.25) is 0 Å². The molecule has 0 saturated heterocycles. The van der Waals surface area contributed by atoms with Crippen LogP contribution < -0.4 is 0 Å². The highest BCUT2D eigenvalue weighted by atomic mass is 32.2. The number of aryl methyl sites for hydroxylation is 2. The molecule has 0 radical (unpaired) electrons. The smallest absolute Gasteiger partial charge is 0.209 e. The summed E-state index contributed by atoms with van der Waals surface area (Å²) in [6.45, 7) is 9.13. The summed E-state index contributed by atoms with van der Waals surface area (Å²) in [5, 5.41) is 7.79. The van der Waals surface area contributed by atoms with Gasteiger partial charge in [-0.15, -0.1) is 5.10 Å². The van der Waals surface area contributed by atoms with Crippen LogP contribution in [-0.2, 0) is 13.0 Å². The quantitative estimate of drug-likeness (QED) is 0.494. The Balaban J connectivity index is 1.67. The van der Waals surface area contributed by atoms with E-state index in [0.717, 1.165) is 41.3 Å². The summed E-state index contributed by atoms with van der Waals surface area (Å²) >= 11 is 1.37. The van der Waals surface area contributed by atoms with E-state index in [4.69, 9.17) is 0 Å². The molecule has 0 aliphatic rings. The van der Waals surface area contributed by atoms with Crippen LogP contribution in [0, 0.1) is 13.8 Å². The molecule has 26 heavy (non-hydrogen) atoms. The maximum atomic E-state index is 12.6. The van der Waals surface area contributed by atoms with Gasteiger partial charge >= 0.3 is 0 Å². The lowest BCUT2D eigenvalue weighted by atomic mass is 10.1. The molecule has 0 amide bonds. The number of H-pyrrole nitrogens is 1. The van der Waals surface area contributed by atoms with E-state index in [1.165, 1.54) is 17.3 Å². The van der Waals surface area contributed by atoms with Gasteiger partial charge in [-0.05, 0) is 38.8 Å². The molecular formula is C20H24N4OS. The van der Waals surface area contributed by atoms with Gasteiger partial charge in [0.2, 0.25) is 5.16 Å². The monoisotopic (exact) mass is 368 g/mol. The highest BCUT2D eigenvalue weighted by Gasteiger charge is 2.16. The zero-order valence-corrected chi connectivity index (χ0v) is 16.5. The van der Waals surface area contributed by atoms with Crippen LogP contribution in [0.3, 0.4) is 0 Å². The van der Waals surface area contributed by atoms with E-state index in [1.54, 1.807) is 0 Å². The number of thioether (sulfide) groups is 1. The van der Waals surface area contributed by atoms with E-state index >= 15 is 0 Å². The third-order valence-corrected chi connectivity index (χ3v) is 5.47. The average molecular weight is 369 g/mol. The van der Waals surface area contributed by atoms with Gasteiger partial charge in [-0.3, -0.25) is 9.89 Å². The van der Waals surface area contributed by atoms with Crippen LogP contribution >= 0.6 is 11.8 Å². The minimum atomic E-state index is 0.112. The van der Waals surface area contributed by atoms with Gasteiger partial charge in [-0.1, -0.05) is 43.0 Å². The first-order chi connectivity index (χ1) is 12.5. The van der Waals surface area contributed by atoms with E-state index in [-0.39, 0.29) is 5.78 Å². The maximum absolute atomic E-state index is 12.6. The van der Waals surface area contributed by atoms with Crippen molar-refractivity contribution in [2.75, 3.05) is 5.75 Å². The maximum Gasteiger partial charge on any atom is 0.209 e. The molecule has 0 unspecified atom stereocenters. The lowest BCUT2D eigenvalue weighted by molar-refractivity contribution is 0.102. The van der Waals surface area contributed by atoms with Gasteiger partial charge < -0.3 is 4.57 Å². The molecule has 0 aliphatic heterocycles. The number of nitrogens with zero attached hydrogens (tertiary/aromatic N) is 3. The van der Waals surface area contributed by atoms with Gasteiger partial charge in [0.15, 0.2) is 11.6 Å². The molecule has 0 saturated carbocycles. The SMILES string of the molecule is CCc1ccc(-c2nc(SCC(=O)c3cc(C)n(CC)c3C)n[nH]2)cc1. The molecule has 6 heteroatoms. The standard InChI is InChI=1S/C20H24N4OS/c1-5-15-7-9-16(10-8-15)19-21-20(23-22-19)26-12-18(25)17-11-13(3)24(6-2)14(17)4/h7-11H,5-6,12H2,1-4H3,(H,21,22,23). The van der Waals surface area contributed by atoms with Crippen LogP contribution in [0.25, 0.3) is 11.4 Å². The second-order valence-corrected chi connectivity index (χ2v) is 7.20. The Morgan fingerprint density at radius 1 is 1.19 bits per heavy atom. The molecule has 0 bridgehead atoms. The van der Waals surface area contributed by atoms with Crippen molar-refractivity contribution in [3.8, 4) is 11.4 Å². The zero-order valence-electron chi connectivity index (χ0n) is 15.7. The summed E-state index contributed by atoms with van der Waals surface area (Å²) < 4.78 is 2.16. The molecule has 3 aromatic rings. The van der Waals surface area contributed by atoms with Crippen molar-refractivity contribution in [3.05, 3.63) is 52.8 Å². The van der Waals surface area contributed by atoms with E-state index < -0.39 is 0 Å². The minimum Gasteiger partial charge on any atom is -0.349 e. The highest BCUT2D eigenvalue weighted by molar-refractivity contribution is 7.99. The lowest BCUT2D eigenvalue weighted by Crippen LogP contribution is -2.06. The Bertz CT molecular complexity index is 909. The Labute approximate surface area is 158 Å². The van der Waals surface area contributed by atoms with Gasteiger partial charge in [0.05, 0.1) is 5.75 Å². The highest BCUT2D eigenvalue weighted by Crippen LogP contribution is 2.22. The fourth-order valence-electron chi connectivity index (χ4n) is 3.12. The Morgan fingerprint density at radius 3 is 2.54 bits per heavy atom. The molecule has 0 fully saturated rings. The summed E-state index contributed by atoms with van der Waals surface area (Å²) in [5.41, 5.74) is 5.23. The first-order valence-electron chi connectivity index (χ1n) is 8.87. The number of carbonyl (C=O) groups excluding carboxylic acids is 1. The van der Waals surface area contributed by atoms with Crippen LogP contribution in [-0.4, -0.2) is 31.3 Å². The number of Topliss-reactive ketones (excluding diaryl/α,β-unsaturated/α-hetero) is 1. The summed E-state index contributed by atoms with van der Waals surface area (Å²) in [7, 11) is 0. The number of rotatable bonds is 7. The van der Waals surface area contributed by atoms with E-state index in [1.807, 2.05) is 32.0 Å². The molecule has 5 nitrogen and oxygen atoms in total. The topological polar surface area (TPSA) is 63.6 Å². The number of hydrogen-bond donors (Lipinski definition) is 1. The van der Waals surface area contributed by atoms with Gasteiger partial charge in [-0.25, -0.2) is 4.98 Å². The molecular weight excluding hydrogens is 344 g/mol. The normalized spacial score (nSPS) is 11.1. The van der Waals surface area contributed by atoms with Crippen LogP contribution in [0.15, 0.2) is 35.5 Å². The lowest BCUT2D eigenvalue weighted by Gasteiger charge is -2.05. The minimum absolute atomic E-state index is 0.112. The number of nitrogens with one attached hydrogen (secondary N) is 1. The zero-order chi connectivity index (χ0) is 18.7. The molecule has 2 heterocycles. The first kappa shape index (κ1) is 18.5. The predicted molar refractivity (Wildman–Crippen MR) is 106 cm³/mol. The van der Waals surface area contributed by atoms with Gasteiger partial charge in [0.25, 0.3) is 0 Å². The average Bonchev–Trinajstić information content (AvgIpc) is 3.24. The van der Waals surface area contributed by atoms with Crippen molar-refractivity contribution in [1.29, 1.82) is 0 Å². The van der Waals surface area contributed by atoms with Crippen molar-refractivity contribution in [2.24, 2.45) is 0 Å². The summed E-state index contributed by atoms with van der Waals surface area (Å²) in [5.74, 6) is 1.17. The van der Waals surface area contributed by atoms with E-state index in [2.05, 4.69) is 45.7 Å². The van der Waals surface area contributed by atoms with Crippen LogP contribution in [0.5, 0.6) is 0 Å². The molecule has 1 N–H and O–H groups in total. The number of aromatic amines is 1. The fraction of sp³-hybridized carbons (Fsp3) is 0.350. The second kappa shape index (κ2) is 7.91. The second-order valence-electron chi connectivity index (χ2n) is 6.26. The predicted octanol–water partition coefficient (Wildman–Crippen LogP) is 4.45. The van der Waals surface area contributed by atoms with Crippen molar-refractivity contribution in [1.82, 2.24) is 19.7 Å². The molecule has 0 aliphatic carbocycles. The largest absolute Gasteiger partial charge is 0.349 e. The Kier molecular flexibility index (Phi) is 5.61. The van der Waals surface area contributed by atoms with Crippen molar-refractivity contribution in [3.63, 3.8) is 0 Å². The number of benzene rings is 1. The van der Waals surface area contributed by atoms with Crippen LogP contribution in [0.1, 0.15) is 41.2 Å². The van der Waals surface area contributed by atoms with Gasteiger partial charge in [-0.2, -0.15) is 0 Å². The Morgan fingerprint density at radius 2 is 1.92 bits per heavy atom. The molecule has 2 aromatic heterocycles. The van der Waals surface area contributed by atoms with Crippen molar-refractivity contribution in [2.45, 2.75) is 45.8 Å². The Hall–Kier alpha value is -2.34. The number of ketones is 1. The molecule has 136 valence electrons. The van der Waals surface area contributed by atoms with Crippen LogP contribution in [0.4, 0.5) is 0 Å². The summed E-state index contributed by atoms with van der Waals surface area (Å²) in [6, 6.07) is 10.2. The summed E-state index contributed by atoms with van der Waals surface area (Å²) in [6.07, 6.45) is 1.01. The third-order valence-electron chi connectivity index (χ3n) is 4.62. The fourth-order valence-corrected chi connectivity index (χ4v) is 3.80. The van der Waals surface area contributed by atoms with Crippen molar-refractivity contribution >= 4 is 17.5 Å². The first-order valence-corrected chi connectivity index (χ1v) is 9.86. The number of hydrogen-bond acceptors (Lipinski definition) is 4.